The van der Waals surface area contributed by atoms with Crippen LogP contribution in [0, 0.1) is 45.3 Å². The molecule has 0 aliphatic rings. The molecule has 4 N–H and O–H groups in total. The molecule has 0 saturated carbocycles. The molecule has 18 heavy (non-hydrogen) atoms. The fourth-order valence-corrected chi connectivity index (χ4v) is 0.639. The highest BCUT2D eigenvalue weighted by Gasteiger charge is 1.98. The van der Waals surface area contributed by atoms with Crippen LogP contribution in [0.25, 0.3) is 0 Å². The zero-order valence-electron chi connectivity index (χ0n) is 8.99. The first-order valence-electron chi connectivity index (χ1n) is 4.27. The van der Waals surface area contributed by atoms with Crippen LogP contribution in [0.2, 0.25) is 0 Å². The molecule has 0 aromatic carbocycles. The van der Waals surface area contributed by atoms with E-state index in [9.17, 15) is 0 Å². The molecule has 0 fully saturated rings. The Labute approximate surface area is 103 Å². The van der Waals surface area contributed by atoms with E-state index in [0.29, 0.717) is 0 Å². The number of hydrogen-bond donors (Lipinski definition) is 2. The quantitative estimate of drug-likeness (QED) is 0.498. The van der Waals surface area contributed by atoms with Crippen LogP contribution in [0.15, 0.2) is 32.8 Å². The number of hydrogen-bond acceptors (Lipinski definition) is 8. The maximum atomic E-state index is 8.59. The van der Waals surface area contributed by atoms with E-state index < -0.39 is 0 Å². The topological polar surface area (TPSA) is 172 Å². The molecule has 0 radical (unpaired) electrons. The first kappa shape index (κ1) is 14.4. The van der Waals surface area contributed by atoms with Crippen molar-refractivity contribution in [2.45, 2.75) is 0 Å². The second-order valence-corrected chi connectivity index (χ2v) is 2.53. The Kier molecular flexibility index (Phi) is 6.11. The van der Waals surface area contributed by atoms with Gasteiger partial charge in [0.25, 0.3) is 0 Å². The summed E-state index contributed by atoms with van der Waals surface area (Å²) in [4.78, 5) is 7.09. The number of aliphatic imine (C=N–C) groups is 2. The molecular formula is C10H6N8. The molecule has 0 aliphatic heterocycles. The van der Waals surface area contributed by atoms with E-state index in [1.807, 2.05) is 0 Å². The average Bonchev–Trinajstić information content (AvgIpc) is 2.41. The summed E-state index contributed by atoms with van der Waals surface area (Å²) >= 11 is 0. The van der Waals surface area contributed by atoms with Gasteiger partial charge in [0.2, 0.25) is 0 Å². The van der Waals surface area contributed by atoms with Crippen molar-refractivity contribution < 1.29 is 0 Å². The van der Waals surface area contributed by atoms with Crippen LogP contribution >= 0.6 is 0 Å². The largest absolute Gasteiger partial charge is 0.388 e. The van der Waals surface area contributed by atoms with E-state index in [2.05, 4.69) is 9.98 Å². The minimum atomic E-state index is -0.338. The van der Waals surface area contributed by atoms with Crippen molar-refractivity contribution in [3.8, 4) is 24.3 Å². The fraction of sp³-hybridized carbons (Fsp3) is 0. The van der Waals surface area contributed by atoms with E-state index in [4.69, 9.17) is 32.5 Å². The van der Waals surface area contributed by atoms with Crippen molar-refractivity contribution in [3.05, 3.63) is 22.8 Å². The number of allylic oxidation sites excluding steroid dienone is 4. The van der Waals surface area contributed by atoms with Gasteiger partial charge in [0, 0.05) is 12.4 Å². The minimum Gasteiger partial charge on any atom is -0.388 e. The second-order valence-electron chi connectivity index (χ2n) is 2.53. The number of nitrogens with two attached hydrogens (primary N) is 2. The smallest absolute Gasteiger partial charge is 0.174 e. The minimum absolute atomic E-state index is 0.278. The molecule has 0 amide bonds. The lowest BCUT2D eigenvalue weighted by Gasteiger charge is -1.89. The van der Waals surface area contributed by atoms with Crippen molar-refractivity contribution in [2.75, 3.05) is 0 Å². The molecule has 0 aromatic heterocycles. The summed E-state index contributed by atoms with van der Waals surface area (Å²) in [5.41, 5.74) is 9.12. The van der Waals surface area contributed by atoms with Gasteiger partial charge in [0.1, 0.15) is 35.7 Å². The molecule has 0 atom stereocenters. The van der Waals surface area contributed by atoms with Gasteiger partial charge in [-0.05, 0) is 0 Å². The van der Waals surface area contributed by atoms with E-state index >= 15 is 0 Å². The number of rotatable bonds is 3. The fourth-order valence-electron chi connectivity index (χ4n) is 0.639. The van der Waals surface area contributed by atoms with Gasteiger partial charge in [0.15, 0.2) is 11.4 Å². The highest BCUT2D eigenvalue weighted by molar-refractivity contribution is 6.16. The molecular weight excluding hydrogens is 232 g/mol. The normalized spacial score (nSPS) is 12.9. The average molecular weight is 238 g/mol. The number of nitrogens with zero attached hydrogens (tertiary/aromatic N) is 6. The molecule has 0 aromatic rings. The summed E-state index contributed by atoms with van der Waals surface area (Å²) in [5.74, 6) is 0. The molecule has 8 heteroatoms. The Hall–Kier alpha value is -3.62. The summed E-state index contributed by atoms with van der Waals surface area (Å²) in [6.07, 6.45) is 2.09. The van der Waals surface area contributed by atoms with Gasteiger partial charge < -0.3 is 11.5 Å². The van der Waals surface area contributed by atoms with E-state index in [0.717, 1.165) is 12.4 Å². The summed E-state index contributed by atoms with van der Waals surface area (Å²) in [7, 11) is 0. The first-order valence-corrected chi connectivity index (χ1v) is 4.27. The third kappa shape index (κ3) is 4.27. The predicted molar refractivity (Wildman–Crippen MR) is 61.9 cm³/mol. The summed E-state index contributed by atoms with van der Waals surface area (Å²) < 4.78 is 0. The second kappa shape index (κ2) is 7.64. The van der Waals surface area contributed by atoms with E-state index in [-0.39, 0.29) is 22.8 Å². The lowest BCUT2D eigenvalue weighted by molar-refractivity contribution is 1.27. The highest BCUT2D eigenvalue weighted by Crippen LogP contribution is 1.98. The standard InChI is InChI=1S/C10H6N8/c11-3-7(15)9(5-13)17-1-2-18-10(6-14)8(16)4-12/h1-2H,15-16H2/b9-7-,10-8+,17-1?,18-2?. The Bertz CT molecular complexity index is 550. The molecule has 0 spiro atoms. The molecule has 0 unspecified atom stereocenters. The van der Waals surface area contributed by atoms with Crippen molar-refractivity contribution >= 4 is 12.4 Å². The van der Waals surface area contributed by atoms with Crippen LogP contribution in [0.4, 0.5) is 0 Å². The van der Waals surface area contributed by atoms with Gasteiger partial charge in [0.05, 0.1) is 0 Å². The molecule has 8 nitrogen and oxygen atoms in total. The van der Waals surface area contributed by atoms with Crippen LogP contribution in [-0.4, -0.2) is 12.4 Å². The number of nitriles is 4. The molecule has 0 saturated heterocycles. The van der Waals surface area contributed by atoms with Gasteiger partial charge in [-0.2, -0.15) is 21.0 Å². The van der Waals surface area contributed by atoms with Gasteiger partial charge in [-0.3, -0.25) is 0 Å². The first-order chi connectivity index (χ1) is 8.60. The van der Waals surface area contributed by atoms with Gasteiger partial charge in [-0.25, -0.2) is 9.98 Å². The van der Waals surface area contributed by atoms with Crippen molar-refractivity contribution in [2.24, 2.45) is 21.5 Å². The van der Waals surface area contributed by atoms with E-state index in [1.165, 1.54) is 0 Å². The van der Waals surface area contributed by atoms with Crippen molar-refractivity contribution in [1.29, 1.82) is 21.0 Å². The Morgan fingerprint density at radius 2 is 1.06 bits per heavy atom. The lowest BCUT2D eigenvalue weighted by Crippen LogP contribution is -1.98. The zero-order chi connectivity index (χ0) is 14.0. The van der Waals surface area contributed by atoms with Crippen LogP contribution < -0.4 is 11.5 Å². The third-order valence-electron chi connectivity index (χ3n) is 1.44. The molecule has 0 aliphatic carbocycles. The molecule has 86 valence electrons. The maximum Gasteiger partial charge on any atom is 0.174 e. The van der Waals surface area contributed by atoms with Crippen molar-refractivity contribution in [3.63, 3.8) is 0 Å². The van der Waals surface area contributed by atoms with Crippen LogP contribution in [-0.2, 0) is 0 Å². The maximum absolute atomic E-state index is 8.59. The van der Waals surface area contributed by atoms with Gasteiger partial charge >= 0.3 is 0 Å². The Balaban J connectivity index is 5.04. The lowest BCUT2D eigenvalue weighted by atomic mass is 10.4. The summed E-state index contributed by atoms with van der Waals surface area (Å²) in [6.45, 7) is 0. The monoisotopic (exact) mass is 238 g/mol. The van der Waals surface area contributed by atoms with Crippen molar-refractivity contribution in [1.82, 2.24) is 0 Å². The van der Waals surface area contributed by atoms with Crippen LogP contribution in [0.5, 0.6) is 0 Å². The Morgan fingerprint density at radius 1 is 0.722 bits per heavy atom. The predicted octanol–water partition coefficient (Wildman–Crippen LogP) is -0.437. The molecule has 0 heterocycles. The highest BCUT2D eigenvalue weighted by atomic mass is 14.8. The summed E-state index contributed by atoms with van der Waals surface area (Å²) in [6, 6.07) is 6.33. The zero-order valence-corrected chi connectivity index (χ0v) is 8.99. The van der Waals surface area contributed by atoms with Gasteiger partial charge in [-0.1, -0.05) is 0 Å². The molecule has 0 bridgehead atoms. The van der Waals surface area contributed by atoms with E-state index in [1.54, 1.807) is 24.3 Å². The SMILES string of the molecule is N#C/C(N)=C(\C#N)N=CC=N/C(C#N)=C(/N)C#N. The van der Waals surface area contributed by atoms with Gasteiger partial charge in [-0.15, -0.1) is 0 Å². The Morgan fingerprint density at radius 3 is 1.28 bits per heavy atom. The summed E-state index contributed by atoms with van der Waals surface area (Å²) in [5, 5.41) is 34.0. The van der Waals surface area contributed by atoms with Crippen LogP contribution in [0.3, 0.4) is 0 Å². The molecule has 0 rings (SSSR count). The van der Waals surface area contributed by atoms with Crippen LogP contribution in [0.1, 0.15) is 0 Å². The third-order valence-corrected chi connectivity index (χ3v) is 1.44.